The highest BCUT2D eigenvalue weighted by Crippen LogP contribution is 2.29. The van der Waals surface area contributed by atoms with Gasteiger partial charge in [0.25, 0.3) is 0 Å². The molecule has 1 saturated heterocycles. The molecule has 1 aliphatic rings. The first-order chi connectivity index (χ1) is 10.3. The Labute approximate surface area is 148 Å². The van der Waals surface area contributed by atoms with Crippen molar-refractivity contribution in [3.8, 4) is 0 Å². The number of nitrogens with zero attached hydrogens (tertiary/aromatic N) is 1. The summed E-state index contributed by atoms with van der Waals surface area (Å²) in [5, 5.41) is 0. The number of hydrogen-bond donors (Lipinski definition) is 2. The van der Waals surface area contributed by atoms with Gasteiger partial charge in [-0.1, -0.05) is 22.9 Å². The first-order valence-electron chi connectivity index (χ1n) is 7.26. The molecule has 124 valence electrons. The predicted octanol–water partition coefficient (Wildman–Crippen LogP) is 2.70. The van der Waals surface area contributed by atoms with Crippen LogP contribution < -0.4 is 10.5 Å². The highest BCUT2D eigenvalue weighted by molar-refractivity contribution is 9.11. The molecule has 1 fully saturated rings. The zero-order valence-corrected chi connectivity index (χ0v) is 16.5. The van der Waals surface area contributed by atoms with Crippen LogP contribution in [0.25, 0.3) is 0 Å². The normalized spacial score (nSPS) is 19.7. The maximum Gasteiger partial charge on any atom is 0.211 e. The van der Waals surface area contributed by atoms with Crippen molar-refractivity contribution in [2.24, 2.45) is 0 Å². The van der Waals surface area contributed by atoms with Gasteiger partial charge in [-0.05, 0) is 46.5 Å². The maximum atomic E-state index is 11.8. The first-order valence-corrected chi connectivity index (χ1v) is 10.5. The van der Waals surface area contributed by atoms with E-state index in [0.717, 1.165) is 39.7 Å². The molecular weight excluding hydrogens is 434 g/mol. The van der Waals surface area contributed by atoms with E-state index in [1.165, 1.54) is 0 Å². The SMILES string of the molecule is CCCS(=O)(=O)N[C@@H]1CCN(Cc2cc(Br)cc(Br)c2N)C1. The number of hydrogen-bond acceptors (Lipinski definition) is 4. The Morgan fingerprint density at radius 1 is 1.41 bits per heavy atom. The molecule has 0 saturated carbocycles. The molecule has 1 aliphatic heterocycles. The van der Waals surface area contributed by atoms with Gasteiger partial charge in [-0.2, -0.15) is 0 Å². The van der Waals surface area contributed by atoms with Crippen LogP contribution in [-0.4, -0.2) is 38.2 Å². The topological polar surface area (TPSA) is 75.4 Å². The third-order valence-corrected chi connectivity index (χ3v) is 6.42. The average molecular weight is 455 g/mol. The van der Waals surface area contributed by atoms with Crippen LogP contribution in [0.1, 0.15) is 25.3 Å². The lowest BCUT2D eigenvalue weighted by Gasteiger charge is -2.18. The van der Waals surface area contributed by atoms with Crippen molar-refractivity contribution in [3.05, 3.63) is 26.6 Å². The van der Waals surface area contributed by atoms with Crippen molar-refractivity contribution in [3.63, 3.8) is 0 Å². The smallest absolute Gasteiger partial charge is 0.211 e. The molecule has 1 aromatic carbocycles. The number of nitrogens with one attached hydrogen (secondary N) is 1. The van der Waals surface area contributed by atoms with Crippen molar-refractivity contribution in [2.45, 2.75) is 32.4 Å². The number of nitrogen functional groups attached to an aromatic ring is 1. The molecule has 0 radical (unpaired) electrons. The van der Waals surface area contributed by atoms with E-state index in [4.69, 9.17) is 5.73 Å². The summed E-state index contributed by atoms with van der Waals surface area (Å²) >= 11 is 6.92. The molecule has 5 nitrogen and oxygen atoms in total. The Hall–Kier alpha value is -0.150. The summed E-state index contributed by atoms with van der Waals surface area (Å²) in [6.07, 6.45) is 1.46. The van der Waals surface area contributed by atoms with Crippen molar-refractivity contribution in [1.29, 1.82) is 0 Å². The van der Waals surface area contributed by atoms with Crippen LogP contribution in [0.3, 0.4) is 0 Å². The second-order valence-electron chi connectivity index (χ2n) is 5.62. The monoisotopic (exact) mass is 453 g/mol. The van der Waals surface area contributed by atoms with E-state index in [0.29, 0.717) is 13.0 Å². The summed E-state index contributed by atoms with van der Waals surface area (Å²) in [6.45, 7) is 4.17. The number of rotatable bonds is 6. The number of nitrogens with two attached hydrogens (primary N) is 1. The van der Waals surface area contributed by atoms with Crippen molar-refractivity contribution >= 4 is 47.6 Å². The summed E-state index contributed by atoms with van der Waals surface area (Å²) in [5.41, 5.74) is 7.87. The van der Waals surface area contributed by atoms with E-state index in [1.54, 1.807) is 0 Å². The molecule has 0 aliphatic carbocycles. The van der Waals surface area contributed by atoms with Crippen LogP contribution in [0, 0.1) is 0 Å². The van der Waals surface area contributed by atoms with Crippen molar-refractivity contribution in [2.75, 3.05) is 24.6 Å². The van der Waals surface area contributed by atoms with E-state index in [9.17, 15) is 8.42 Å². The molecule has 3 N–H and O–H groups in total. The van der Waals surface area contributed by atoms with E-state index in [2.05, 4.69) is 41.5 Å². The highest BCUT2D eigenvalue weighted by atomic mass is 79.9. The lowest BCUT2D eigenvalue weighted by Crippen LogP contribution is -2.38. The Kier molecular flexibility index (Phi) is 6.30. The minimum atomic E-state index is -3.15. The van der Waals surface area contributed by atoms with Gasteiger partial charge < -0.3 is 5.73 Å². The number of sulfonamides is 1. The van der Waals surface area contributed by atoms with Crippen molar-refractivity contribution in [1.82, 2.24) is 9.62 Å². The molecule has 0 amide bonds. The zero-order chi connectivity index (χ0) is 16.3. The molecular formula is C14H21Br2N3O2S. The van der Waals surface area contributed by atoms with Crippen LogP contribution in [0.5, 0.6) is 0 Å². The third kappa shape index (κ3) is 4.92. The van der Waals surface area contributed by atoms with Crippen LogP contribution in [0.15, 0.2) is 21.1 Å². The van der Waals surface area contributed by atoms with Gasteiger partial charge in [0.15, 0.2) is 0 Å². The van der Waals surface area contributed by atoms with Crippen LogP contribution in [0.2, 0.25) is 0 Å². The number of likely N-dealkylation sites (tertiary alicyclic amines) is 1. The van der Waals surface area contributed by atoms with E-state index < -0.39 is 10.0 Å². The average Bonchev–Trinajstić information content (AvgIpc) is 2.81. The largest absolute Gasteiger partial charge is 0.398 e. The summed E-state index contributed by atoms with van der Waals surface area (Å²) in [5.74, 6) is 0.190. The minimum Gasteiger partial charge on any atom is -0.398 e. The fourth-order valence-corrected chi connectivity index (χ4v) is 5.33. The van der Waals surface area contributed by atoms with Gasteiger partial charge in [0, 0.05) is 34.6 Å². The second-order valence-corrected chi connectivity index (χ2v) is 9.26. The molecule has 1 heterocycles. The summed E-state index contributed by atoms with van der Waals surface area (Å²) in [4.78, 5) is 2.23. The Morgan fingerprint density at radius 3 is 2.82 bits per heavy atom. The van der Waals surface area contributed by atoms with Crippen LogP contribution in [0.4, 0.5) is 5.69 Å². The first kappa shape index (κ1) is 18.2. The molecule has 22 heavy (non-hydrogen) atoms. The Bertz CT molecular complexity index is 637. The predicted molar refractivity (Wildman–Crippen MR) is 97.1 cm³/mol. The lowest BCUT2D eigenvalue weighted by molar-refractivity contribution is 0.325. The van der Waals surface area contributed by atoms with Gasteiger partial charge in [0.1, 0.15) is 0 Å². The Balaban J connectivity index is 1.97. The number of halogens is 2. The molecule has 0 aromatic heterocycles. The van der Waals surface area contributed by atoms with Gasteiger partial charge >= 0.3 is 0 Å². The van der Waals surface area contributed by atoms with Gasteiger partial charge in [-0.3, -0.25) is 4.90 Å². The highest BCUT2D eigenvalue weighted by Gasteiger charge is 2.26. The molecule has 0 spiro atoms. The summed E-state index contributed by atoms with van der Waals surface area (Å²) in [7, 11) is -3.15. The van der Waals surface area contributed by atoms with Gasteiger partial charge in [-0.25, -0.2) is 13.1 Å². The fraction of sp³-hybridized carbons (Fsp3) is 0.571. The standard InChI is InChI=1S/C14H21Br2N3O2S/c1-2-5-22(20,21)18-12-3-4-19(9-12)8-10-6-11(15)7-13(16)14(10)17/h6-7,12,18H,2-5,8-9,17H2,1H3/t12-/m1/s1. The molecule has 8 heteroatoms. The second kappa shape index (κ2) is 7.61. The quantitative estimate of drug-likeness (QED) is 0.648. The van der Waals surface area contributed by atoms with Crippen molar-refractivity contribution < 1.29 is 8.42 Å². The fourth-order valence-electron chi connectivity index (χ4n) is 2.66. The maximum absolute atomic E-state index is 11.8. The minimum absolute atomic E-state index is 0.00614. The van der Waals surface area contributed by atoms with E-state index in [-0.39, 0.29) is 11.8 Å². The summed E-state index contributed by atoms with van der Waals surface area (Å²) in [6, 6.07) is 3.92. The molecule has 0 unspecified atom stereocenters. The van der Waals surface area contributed by atoms with Gasteiger partial charge in [-0.15, -0.1) is 0 Å². The van der Waals surface area contributed by atoms with Crippen LogP contribution >= 0.6 is 31.9 Å². The van der Waals surface area contributed by atoms with Gasteiger partial charge in [0.05, 0.1) is 11.4 Å². The zero-order valence-electron chi connectivity index (χ0n) is 12.5. The van der Waals surface area contributed by atoms with Gasteiger partial charge in [0.2, 0.25) is 10.0 Å². The molecule has 1 aromatic rings. The lowest BCUT2D eigenvalue weighted by atomic mass is 10.2. The molecule has 1 atom stereocenters. The molecule has 2 rings (SSSR count). The van der Waals surface area contributed by atoms with E-state index in [1.807, 2.05) is 19.1 Å². The van der Waals surface area contributed by atoms with Crippen LogP contribution in [-0.2, 0) is 16.6 Å². The number of benzene rings is 1. The van der Waals surface area contributed by atoms with E-state index >= 15 is 0 Å². The molecule has 0 bridgehead atoms. The Morgan fingerprint density at radius 2 is 2.14 bits per heavy atom. The number of anilines is 1. The third-order valence-electron chi connectivity index (χ3n) is 3.67. The summed E-state index contributed by atoms with van der Waals surface area (Å²) < 4.78 is 28.3.